The number of hydrogen-bond acceptors (Lipinski definition) is 4. The molecule has 5 rings (SSSR count). The van der Waals surface area contributed by atoms with E-state index in [4.69, 9.17) is 17.3 Å². The van der Waals surface area contributed by atoms with Crippen LogP contribution in [-0.2, 0) is 0 Å². The third-order valence-electron chi connectivity index (χ3n) is 5.70. The van der Waals surface area contributed by atoms with Crippen LogP contribution in [0, 0.1) is 23.7 Å². The second-order valence-electron chi connectivity index (χ2n) is 6.66. The number of halogens is 1. The molecule has 3 aliphatic carbocycles. The molecule has 0 spiro atoms. The molecule has 1 aromatic heterocycles. The summed E-state index contributed by atoms with van der Waals surface area (Å²) >= 11 is 6.32. The fourth-order valence-corrected chi connectivity index (χ4v) is 5.16. The second kappa shape index (κ2) is 3.97. The molecular formula is C15H16ClN5. The maximum atomic E-state index is 6.32. The lowest BCUT2D eigenvalue weighted by Crippen LogP contribution is -2.08. The van der Waals surface area contributed by atoms with Gasteiger partial charge < -0.3 is 5.73 Å². The van der Waals surface area contributed by atoms with E-state index in [9.17, 15) is 0 Å². The molecule has 3 fully saturated rings. The Bertz CT molecular complexity index is 711. The average Bonchev–Trinajstić information content (AvgIpc) is 2.88. The van der Waals surface area contributed by atoms with Crippen LogP contribution in [0.4, 0.5) is 5.69 Å². The Labute approximate surface area is 127 Å². The molecule has 0 aliphatic heterocycles. The van der Waals surface area contributed by atoms with Crippen molar-refractivity contribution in [3.8, 4) is 11.4 Å². The van der Waals surface area contributed by atoms with E-state index in [1.807, 2.05) is 16.8 Å². The number of rotatable bonds is 2. The zero-order valence-electron chi connectivity index (χ0n) is 11.5. The van der Waals surface area contributed by atoms with E-state index in [1.54, 1.807) is 6.07 Å². The normalized spacial score (nSPS) is 36.0. The molecule has 3 aliphatic rings. The predicted molar refractivity (Wildman–Crippen MR) is 79.5 cm³/mol. The highest BCUT2D eigenvalue weighted by molar-refractivity contribution is 6.33. The van der Waals surface area contributed by atoms with Crippen molar-refractivity contribution in [2.45, 2.75) is 25.3 Å². The van der Waals surface area contributed by atoms with Gasteiger partial charge in [-0.25, -0.2) is 4.68 Å². The maximum absolute atomic E-state index is 6.32. The molecule has 0 saturated heterocycles. The van der Waals surface area contributed by atoms with Crippen LogP contribution in [0.2, 0.25) is 5.02 Å². The minimum Gasteiger partial charge on any atom is -0.399 e. The molecule has 0 radical (unpaired) electrons. The van der Waals surface area contributed by atoms with Crippen molar-refractivity contribution in [3.05, 3.63) is 23.2 Å². The highest BCUT2D eigenvalue weighted by Gasteiger charge is 2.66. The third kappa shape index (κ3) is 1.55. The van der Waals surface area contributed by atoms with Crippen LogP contribution in [0.3, 0.4) is 0 Å². The Morgan fingerprint density at radius 2 is 1.95 bits per heavy atom. The lowest BCUT2D eigenvalue weighted by atomic mass is 10.0. The number of anilines is 1. The average molecular weight is 302 g/mol. The van der Waals surface area contributed by atoms with Crippen LogP contribution >= 0.6 is 11.6 Å². The first-order valence-electron chi connectivity index (χ1n) is 7.57. The Hall–Kier alpha value is -1.62. The molecule has 4 unspecified atom stereocenters. The molecule has 21 heavy (non-hydrogen) atoms. The summed E-state index contributed by atoms with van der Waals surface area (Å²) in [5.74, 6) is 4.14. The molecular weight excluding hydrogens is 286 g/mol. The summed E-state index contributed by atoms with van der Waals surface area (Å²) in [4.78, 5) is 0. The van der Waals surface area contributed by atoms with Gasteiger partial charge in [-0.2, -0.15) is 0 Å². The summed E-state index contributed by atoms with van der Waals surface area (Å²) in [7, 11) is 0. The van der Waals surface area contributed by atoms with Gasteiger partial charge in [-0.05, 0) is 71.6 Å². The van der Waals surface area contributed by atoms with E-state index in [0.29, 0.717) is 16.8 Å². The highest BCUT2D eigenvalue weighted by atomic mass is 35.5. The molecule has 5 nitrogen and oxygen atoms in total. The smallest absolute Gasteiger partial charge is 0.183 e. The van der Waals surface area contributed by atoms with Gasteiger partial charge in [0.1, 0.15) is 0 Å². The molecule has 108 valence electrons. The molecule has 4 atom stereocenters. The number of tetrazole rings is 1. The summed E-state index contributed by atoms with van der Waals surface area (Å²) in [5.41, 5.74) is 7.29. The van der Waals surface area contributed by atoms with E-state index >= 15 is 0 Å². The van der Waals surface area contributed by atoms with Gasteiger partial charge in [0.25, 0.3) is 0 Å². The number of hydrogen-bond donors (Lipinski definition) is 1. The minimum atomic E-state index is 0.481. The van der Waals surface area contributed by atoms with Gasteiger partial charge in [-0.1, -0.05) is 11.6 Å². The van der Waals surface area contributed by atoms with Crippen LogP contribution in [0.25, 0.3) is 11.4 Å². The molecule has 2 aromatic rings. The molecule has 0 amide bonds. The lowest BCUT2D eigenvalue weighted by molar-refractivity contribution is 0.427. The zero-order chi connectivity index (χ0) is 14.1. The first-order valence-corrected chi connectivity index (χ1v) is 7.95. The fraction of sp³-hybridized carbons (Fsp3) is 0.533. The molecule has 1 aromatic carbocycles. The number of aromatic nitrogens is 4. The topological polar surface area (TPSA) is 69.6 Å². The van der Waals surface area contributed by atoms with Crippen LogP contribution in [0.5, 0.6) is 0 Å². The van der Waals surface area contributed by atoms with Crippen molar-refractivity contribution in [2.24, 2.45) is 23.7 Å². The van der Waals surface area contributed by atoms with Gasteiger partial charge in [0.15, 0.2) is 5.82 Å². The number of fused-ring (bicyclic) bond motifs is 5. The van der Waals surface area contributed by atoms with Crippen LogP contribution in [0.15, 0.2) is 18.2 Å². The Kier molecular flexibility index (Phi) is 2.27. The third-order valence-corrected chi connectivity index (χ3v) is 6.02. The van der Waals surface area contributed by atoms with E-state index in [0.717, 1.165) is 35.1 Å². The van der Waals surface area contributed by atoms with E-state index < -0.39 is 0 Å². The van der Waals surface area contributed by atoms with E-state index in [1.165, 1.54) is 19.3 Å². The summed E-state index contributed by atoms with van der Waals surface area (Å²) in [6.07, 6.45) is 4.21. The summed E-state index contributed by atoms with van der Waals surface area (Å²) < 4.78 is 2.01. The molecule has 1 heterocycles. The van der Waals surface area contributed by atoms with Gasteiger partial charge >= 0.3 is 0 Å². The van der Waals surface area contributed by atoms with Gasteiger partial charge in [-0.15, -0.1) is 5.10 Å². The largest absolute Gasteiger partial charge is 0.399 e. The van der Waals surface area contributed by atoms with Crippen molar-refractivity contribution in [2.75, 3.05) is 5.73 Å². The first-order chi connectivity index (χ1) is 10.2. The molecule has 3 saturated carbocycles. The standard InChI is InChI=1S/C15H16ClN5/c16-11-6-9(17)3-4-10(11)15-18-19-20-21(15)14-12-7-1-2-8(5-7)13(12)14/h3-4,6-8,12-14H,1-2,5,17H2. The van der Waals surface area contributed by atoms with Crippen molar-refractivity contribution >= 4 is 17.3 Å². The number of nitrogens with zero attached hydrogens (tertiary/aromatic N) is 4. The predicted octanol–water partition coefficient (Wildman–Crippen LogP) is 2.79. The monoisotopic (exact) mass is 301 g/mol. The van der Waals surface area contributed by atoms with Crippen molar-refractivity contribution in [1.29, 1.82) is 0 Å². The van der Waals surface area contributed by atoms with Crippen molar-refractivity contribution in [3.63, 3.8) is 0 Å². The Balaban J connectivity index is 1.55. The summed E-state index contributed by atoms with van der Waals surface area (Å²) in [6, 6.07) is 5.99. The summed E-state index contributed by atoms with van der Waals surface area (Å²) in [6.45, 7) is 0. The zero-order valence-corrected chi connectivity index (χ0v) is 12.2. The SMILES string of the molecule is Nc1ccc(-c2nnnn2C2C3C4CCC(C4)C32)c(Cl)c1. The van der Waals surface area contributed by atoms with Crippen LogP contribution in [0.1, 0.15) is 25.3 Å². The summed E-state index contributed by atoms with van der Waals surface area (Å²) in [5, 5.41) is 13.0. The van der Waals surface area contributed by atoms with Crippen molar-refractivity contribution < 1.29 is 0 Å². The van der Waals surface area contributed by atoms with Gasteiger partial charge in [0.2, 0.25) is 0 Å². The Morgan fingerprint density at radius 3 is 2.67 bits per heavy atom. The van der Waals surface area contributed by atoms with E-state index in [-0.39, 0.29) is 0 Å². The van der Waals surface area contributed by atoms with Crippen molar-refractivity contribution in [1.82, 2.24) is 20.2 Å². The molecule has 2 bridgehead atoms. The highest BCUT2D eigenvalue weighted by Crippen LogP contribution is 2.71. The number of nitrogens with two attached hydrogens (primary N) is 1. The molecule has 6 heteroatoms. The van der Waals surface area contributed by atoms with Gasteiger partial charge in [-0.3, -0.25) is 0 Å². The van der Waals surface area contributed by atoms with Crippen LogP contribution in [-0.4, -0.2) is 20.2 Å². The van der Waals surface area contributed by atoms with Gasteiger partial charge in [0, 0.05) is 11.3 Å². The number of nitrogen functional groups attached to an aromatic ring is 1. The fourth-order valence-electron chi connectivity index (χ4n) is 4.89. The van der Waals surface area contributed by atoms with Crippen LogP contribution < -0.4 is 5.73 Å². The van der Waals surface area contributed by atoms with E-state index in [2.05, 4.69) is 15.5 Å². The minimum absolute atomic E-state index is 0.481. The number of benzene rings is 1. The quantitative estimate of drug-likeness (QED) is 0.866. The second-order valence-corrected chi connectivity index (χ2v) is 7.07. The first kappa shape index (κ1) is 12.0. The maximum Gasteiger partial charge on any atom is 0.183 e. The van der Waals surface area contributed by atoms with Gasteiger partial charge in [0.05, 0.1) is 11.1 Å². The molecule has 2 N–H and O–H groups in total. The Morgan fingerprint density at radius 1 is 1.19 bits per heavy atom. The lowest BCUT2D eigenvalue weighted by Gasteiger charge is -2.11.